The van der Waals surface area contributed by atoms with Crippen molar-refractivity contribution in [2.75, 3.05) is 4.90 Å². The molecule has 11 aromatic rings. The average Bonchev–Trinajstić information content (AvgIpc) is 3.85. The molecule has 0 N–H and O–H groups in total. The Morgan fingerprint density at radius 3 is 1.61 bits per heavy atom. The zero-order chi connectivity index (χ0) is 40.0. The van der Waals surface area contributed by atoms with Crippen LogP contribution in [0.4, 0.5) is 17.2 Å². The molecule has 0 spiro atoms. The van der Waals surface area contributed by atoms with Gasteiger partial charge in [0.05, 0.1) is 11.0 Å². The molecule has 15 rings (SSSR count). The van der Waals surface area contributed by atoms with Gasteiger partial charge in [-0.25, -0.2) is 15.0 Å². The van der Waals surface area contributed by atoms with Crippen molar-refractivity contribution < 1.29 is 79.3 Å². The van der Waals surface area contributed by atoms with Crippen LogP contribution in [0.3, 0.4) is 0 Å². The largest absolute Gasteiger partial charge is 0.513 e. The van der Waals surface area contributed by atoms with Crippen LogP contribution in [0, 0.1) is 18.2 Å². The van der Waals surface area contributed by atoms with Crippen molar-refractivity contribution in [2.45, 2.75) is 0 Å². The first-order chi connectivity index (χ1) is 30.3. The summed E-state index contributed by atoms with van der Waals surface area (Å²) in [7, 11) is 0. The molecule has 0 fully saturated rings. The van der Waals surface area contributed by atoms with Crippen LogP contribution in [0.25, 0.3) is 55.2 Å². The summed E-state index contributed by atoms with van der Waals surface area (Å²) in [4.78, 5) is 15.5. The first kappa shape index (κ1) is 41.3. The molecule has 10 nitrogen and oxygen atoms in total. The summed E-state index contributed by atoms with van der Waals surface area (Å²) in [6.07, 6.45) is 5.37. The minimum atomic E-state index is 0. The normalized spacial score (nSPS) is 12.2. The molecule has 0 aliphatic carbocycles. The van der Waals surface area contributed by atoms with Crippen LogP contribution >= 0.6 is 0 Å². The summed E-state index contributed by atoms with van der Waals surface area (Å²) in [5.41, 5.74) is 6.76. The van der Waals surface area contributed by atoms with Crippen LogP contribution in [-0.2, 0) is 60.3 Å². The second-order valence-corrected chi connectivity index (χ2v) is 14.5. The molecule has 0 saturated heterocycles. The summed E-state index contributed by atoms with van der Waals surface area (Å²) in [6.45, 7) is 0. The van der Waals surface area contributed by atoms with Crippen molar-refractivity contribution >= 4 is 60.9 Å². The van der Waals surface area contributed by atoms with E-state index in [0.717, 1.165) is 108 Å². The minimum Gasteiger partial charge on any atom is -0.513 e. The van der Waals surface area contributed by atoms with E-state index in [-0.39, 0.29) is 60.3 Å². The minimum absolute atomic E-state index is 0. The molecular formula is C51H27Ir3N6O4-3. The molecule has 0 bridgehead atoms. The van der Waals surface area contributed by atoms with E-state index in [2.05, 4.69) is 66.6 Å². The van der Waals surface area contributed by atoms with Crippen molar-refractivity contribution in [1.29, 1.82) is 0 Å². The Labute approximate surface area is 406 Å². The number of hydrogen-bond acceptors (Lipinski definition) is 8. The number of aromatic nitrogens is 5. The van der Waals surface area contributed by atoms with E-state index >= 15 is 0 Å². The molecule has 0 atom stereocenters. The van der Waals surface area contributed by atoms with Crippen molar-refractivity contribution in [3.63, 3.8) is 0 Å². The third-order valence-electron chi connectivity index (χ3n) is 11.1. The molecule has 5 aromatic heterocycles. The Bertz CT molecular complexity index is 3380. The fourth-order valence-corrected chi connectivity index (χ4v) is 8.65. The van der Waals surface area contributed by atoms with Gasteiger partial charge in [-0.1, -0.05) is 35.8 Å². The summed E-state index contributed by atoms with van der Waals surface area (Å²) in [6, 6.07) is 57.1. The monoisotopic (exact) mass is 1370 g/mol. The molecule has 4 aliphatic rings. The quantitative estimate of drug-likeness (QED) is 0.139. The molecule has 13 heteroatoms. The fraction of sp³-hybridized carbons (Fsp3) is 0. The van der Waals surface area contributed by atoms with Crippen LogP contribution in [0.15, 0.2) is 164 Å². The Balaban J connectivity index is 0.000000111. The number of ether oxygens (including phenoxy) is 4. The standard InChI is InChI=1S/C17H9N2O2.2C17H9N2O.3Ir/c1-2-6-12-11(5-1)19-16-13(20-12)7-3-8-14(16)21-15-9-4-10-18-17(15)19;1-2-8-14-13(7-1)19-16-11(5-3-9-15(16)20-14)12-6-4-10-18-17(12)19;1-2-7-13-11(5-1)12-6-3-8-14-16(12)19(13)17-15(20-14)9-4-10-18-17;;;/h1-4,6-10H;2*1-6,8-10H;;;/q3*-1;;;. The summed E-state index contributed by atoms with van der Waals surface area (Å²) in [5, 5.41) is 4.64. The van der Waals surface area contributed by atoms with Crippen molar-refractivity contribution in [1.82, 2.24) is 24.1 Å². The maximum Gasteiger partial charge on any atom is 0.179 e. The first-order valence-corrected chi connectivity index (χ1v) is 19.7. The Hall–Kier alpha value is -6.68. The topological polar surface area (TPSA) is 88.7 Å². The Morgan fingerprint density at radius 2 is 0.844 bits per heavy atom. The maximum atomic E-state index is 6.00. The number of pyridine rings is 3. The second kappa shape index (κ2) is 16.5. The van der Waals surface area contributed by atoms with Gasteiger partial charge >= 0.3 is 0 Å². The number of fused-ring (bicyclic) bond motifs is 14. The van der Waals surface area contributed by atoms with E-state index in [1.54, 1.807) is 12.4 Å². The summed E-state index contributed by atoms with van der Waals surface area (Å²) >= 11 is 0. The zero-order valence-electron chi connectivity index (χ0n) is 32.9. The van der Waals surface area contributed by atoms with Gasteiger partial charge in [0.1, 0.15) is 22.8 Å². The number of benzene rings is 6. The van der Waals surface area contributed by atoms with E-state index in [0.29, 0.717) is 0 Å². The van der Waals surface area contributed by atoms with Gasteiger partial charge in [-0.2, -0.15) is 60.7 Å². The van der Waals surface area contributed by atoms with Gasteiger partial charge in [0, 0.05) is 101 Å². The van der Waals surface area contributed by atoms with E-state index < -0.39 is 0 Å². The van der Waals surface area contributed by atoms with Gasteiger partial charge in [0.25, 0.3) is 0 Å². The smallest absolute Gasteiger partial charge is 0.179 e. The van der Waals surface area contributed by atoms with Gasteiger partial charge in [-0.05, 0) is 77.4 Å². The van der Waals surface area contributed by atoms with Gasteiger partial charge < -0.3 is 33.0 Å². The Kier molecular flexibility index (Phi) is 10.6. The van der Waals surface area contributed by atoms with Gasteiger partial charge in [-0.15, -0.1) is 17.5 Å². The van der Waals surface area contributed by atoms with Crippen LogP contribution in [0.5, 0.6) is 46.0 Å². The van der Waals surface area contributed by atoms with Crippen molar-refractivity contribution in [2.24, 2.45) is 0 Å². The van der Waals surface area contributed by atoms with Crippen molar-refractivity contribution in [3.8, 4) is 57.5 Å². The van der Waals surface area contributed by atoms with Gasteiger partial charge in [0.2, 0.25) is 0 Å². The third kappa shape index (κ3) is 6.27. The fourth-order valence-electron chi connectivity index (χ4n) is 8.65. The van der Waals surface area contributed by atoms with Gasteiger partial charge in [0.15, 0.2) is 34.6 Å². The molecule has 0 saturated carbocycles. The molecule has 3 radical (unpaired) electrons. The molecule has 64 heavy (non-hydrogen) atoms. The molecule has 6 aromatic carbocycles. The van der Waals surface area contributed by atoms with E-state index in [1.807, 2.05) is 132 Å². The van der Waals surface area contributed by atoms with E-state index in [1.165, 1.54) is 10.8 Å². The van der Waals surface area contributed by atoms with Crippen LogP contribution in [0.2, 0.25) is 0 Å². The third-order valence-corrected chi connectivity index (χ3v) is 11.1. The summed E-state index contributed by atoms with van der Waals surface area (Å²) < 4.78 is 28.2. The number of anilines is 3. The van der Waals surface area contributed by atoms with Gasteiger partial charge in [-0.3, -0.25) is 0 Å². The number of rotatable bonds is 0. The molecule has 0 unspecified atom stereocenters. The predicted molar refractivity (Wildman–Crippen MR) is 233 cm³/mol. The Morgan fingerprint density at radius 1 is 0.375 bits per heavy atom. The van der Waals surface area contributed by atoms with Crippen LogP contribution in [-0.4, -0.2) is 24.1 Å². The molecule has 4 aliphatic heterocycles. The SMILES string of the molecule is [Ir].[Ir].[Ir].[c-]1cccc2c1-n1c3ncccc3c3cccc(c31)O2.[c-]1cccc2c1N1c3ncccc3Oc3cccc(c31)O2.[c-]1cccc2c3cccc4c3n(c12)-c1ncccc1O4. The second-order valence-electron chi connectivity index (χ2n) is 14.5. The van der Waals surface area contributed by atoms with Crippen molar-refractivity contribution in [3.05, 3.63) is 182 Å². The summed E-state index contributed by atoms with van der Waals surface area (Å²) in [5.74, 6) is 7.93. The average molecular weight is 1360 g/mol. The first-order valence-electron chi connectivity index (χ1n) is 19.7. The molecule has 9 heterocycles. The molecule has 315 valence electrons. The maximum absolute atomic E-state index is 6.00. The zero-order valence-corrected chi connectivity index (χ0v) is 40.1. The number of nitrogens with zero attached hydrogens (tertiary/aromatic N) is 6. The van der Waals surface area contributed by atoms with E-state index in [9.17, 15) is 0 Å². The number of para-hydroxylation sites is 6. The predicted octanol–water partition coefficient (Wildman–Crippen LogP) is 12.7. The number of hydrogen-bond donors (Lipinski definition) is 0. The molecular weight excluding hydrogens is 1340 g/mol. The van der Waals surface area contributed by atoms with Crippen LogP contribution < -0.4 is 23.8 Å². The van der Waals surface area contributed by atoms with E-state index in [4.69, 9.17) is 18.9 Å². The van der Waals surface area contributed by atoms with Crippen LogP contribution in [0.1, 0.15) is 0 Å². The molecule has 0 amide bonds.